The molecule has 6 nitrogen and oxygen atoms in total. The van der Waals surface area contributed by atoms with Gasteiger partial charge in [-0.25, -0.2) is 13.4 Å². The van der Waals surface area contributed by atoms with E-state index in [0.29, 0.717) is 32.6 Å². The number of carbonyl (C=O) groups excluding carboxylic acids is 1. The summed E-state index contributed by atoms with van der Waals surface area (Å²) in [7, 11) is -3.55. The number of nitrogens with zero attached hydrogens (tertiary/aromatic N) is 3. The molecular weight excluding hydrogens is 310 g/mol. The van der Waals surface area contributed by atoms with Crippen LogP contribution in [0.5, 0.6) is 0 Å². The van der Waals surface area contributed by atoms with Crippen molar-refractivity contribution in [1.29, 1.82) is 0 Å². The summed E-state index contributed by atoms with van der Waals surface area (Å²) in [4.78, 5) is 16.7. The summed E-state index contributed by atoms with van der Waals surface area (Å²) < 4.78 is 26.5. The lowest BCUT2D eigenvalue weighted by molar-refractivity contribution is -0.128. The third-order valence-corrected chi connectivity index (χ3v) is 6.40. The SMILES string of the molecule is CC(=O)N1CCCN(S(=O)(=O)c2cnc(Cl)s2)CC1. The number of aromatic nitrogens is 1. The number of sulfonamides is 1. The van der Waals surface area contributed by atoms with Crippen molar-refractivity contribution in [2.75, 3.05) is 26.2 Å². The summed E-state index contributed by atoms with van der Waals surface area (Å²) in [6, 6.07) is 0. The number of halogens is 1. The molecule has 0 unspecified atom stereocenters. The number of rotatable bonds is 2. The maximum Gasteiger partial charge on any atom is 0.254 e. The Balaban J connectivity index is 2.16. The summed E-state index contributed by atoms with van der Waals surface area (Å²) in [5.74, 6) is -0.0277. The molecular formula is C10H14ClN3O3S2. The minimum atomic E-state index is -3.55. The lowest BCUT2D eigenvalue weighted by Gasteiger charge is -2.20. The number of hydrogen-bond donors (Lipinski definition) is 0. The summed E-state index contributed by atoms with van der Waals surface area (Å²) in [6.07, 6.45) is 1.90. The molecule has 1 fully saturated rings. The molecule has 0 aromatic carbocycles. The summed E-state index contributed by atoms with van der Waals surface area (Å²) in [5.41, 5.74) is 0. The Kier molecular flexibility index (Phi) is 4.44. The Morgan fingerprint density at radius 3 is 2.68 bits per heavy atom. The molecule has 19 heavy (non-hydrogen) atoms. The van der Waals surface area contributed by atoms with E-state index in [0.717, 1.165) is 11.3 Å². The quantitative estimate of drug-likeness (QED) is 0.815. The maximum atomic E-state index is 12.4. The van der Waals surface area contributed by atoms with Crippen molar-refractivity contribution in [2.24, 2.45) is 0 Å². The van der Waals surface area contributed by atoms with E-state index < -0.39 is 10.0 Å². The van der Waals surface area contributed by atoms with E-state index in [2.05, 4.69) is 4.98 Å². The molecule has 1 saturated heterocycles. The predicted molar refractivity (Wildman–Crippen MR) is 72.8 cm³/mol. The predicted octanol–water partition coefficient (Wildman–Crippen LogP) is 1.04. The van der Waals surface area contributed by atoms with Crippen LogP contribution in [0.2, 0.25) is 4.47 Å². The average Bonchev–Trinajstić information content (AvgIpc) is 2.65. The molecule has 9 heteroatoms. The van der Waals surface area contributed by atoms with E-state index >= 15 is 0 Å². The lowest BCUT2D eigenvalue weighted by atomic mass is 10.4. The first-order valence-corrected chi connectivity index (χ1v) is 8.41. The van der Waals surface area contributed by atoms with Gasteiger partial charge in [0.1, 0.15) is 0 Å². The summed E-state index contributed by atoms with van der Waals surface area (Å²) >= 11 is 6.62. The van der Waals surface area contributed by atoms with Crippen LogP contribution in [0.3, 0.4) is 0 Å². The lowest BCUT2D eigenvalue weighted by Crippen LogP contribution is -2.36. The highest BCUT2D eigenvalue weighted by atomic mass is 35.5. The van der Waals surface area contributed by atoms with Crippen LogP contribution in [0, 0.1) is 0 Å². The van der Waals surface area contributed by atoms with Gasteiger partial charge < -0.3 is 4.90 Å². The Morgan fingerprint density at radius 1 is 1.37 bits per heavy atom. The van der Waals surface area contributed by atoms with E-state index in [-0.39, 0.29) is 14.6 Å². The largest absolute Gasteiger partial charge is 0.342 e. The molecule has 0 aliphatic carbocycles. The highest BCUT2D eigenvalue weighted by molar-refractivity contribution is 7.91. The number of hydrogen-bond acceptors (Lipinski definition) is 5. The van der Waals surface area contributed by atoms with E-state index in [1.54, 1.807) is 4.90 Å². The summed E-state index contributed by atoms with van der Waals surface area (Å²) in [5, 5.41) is 0. The Morgan fingerprint density at radius 2 is 2.11 bits per heavy atom. The molecule has 1 aliphatic heterocycles. The van der Waals surface area contributed by atoms with Gasteiger partial charge in [0.2, 0.25) is 5.91 Å². The fourth-order valence-electron chi connectivity index (χ4n) is 1.93. The fraction of sp³-hybridized carbons (Fsp3) is 0.600. The van der Waals surface area contributed by atoms with Crippen LogP contribution in [-0.2, 0) is 14.8 Å². The molecule has 0 N–H and O–H groups in total. The third kappa shape index (κ3) is 3.25. The molecule has 0 saturated carbocycles. The van der Waals surface area contributed by atoms with E-state index in [1.165, 1.54) is 17.4 Å². The van der Waals surface area contributed by atoms with E-state index in [1.807, 2.05) is 0 Å². The van der Waals surface area contributed by atoms with Crippen LogP contribution < -0.4 is 0 Å². The van der Waals surface area contributed by atoms with Gasteiger partial charge in [0.25, 0.3) is 10.0 Å². The second kappa shape index (κ2) is 5.74. The fourth-order valence-corrected chi connectivity index (χ4v) is 4.85. The minimum absolute atomic E-state index is 0.0277. The van der Waals surface area contributed by atoms with Gasteiger partial charge in [-0.1, -0.05) is 22.9 Å². The molecule has 0 atom stereocenters. The van der Waals surface area contributed by atoms with Gasteiger partial charge in [0, 0.05) is 33.1 Å². The van der Waals surface area contributed by atoms with E-state index in [4.69, 9.17) is 11.6 Å². The molecule has 0 spiro atoms. The Hall–Kier alpha value is -0.700. The zero-order chi connectivity index (χ0) is 14.0. The van der Waals surface area contributed by atoms with Crippen molar-refractivity contribution in [3.05, 3.63) is 10.7 Å². The molecule has 0 bridgehead atoms. The van der Waals surface area contributed by atoms with Crippen LogP contribution >= 0.6 is 22.9 Å². The van der Waals surface area contributed by atoms with Crippen molar-refractivity contribution >= 4 is 38.9 Å². The third-order valence-electron chi connectivity index (χ3n) is 2.95. The smallest absolute Gasteiger partial charge is 0.254 e. The van der Waals surface area contributed by atoms with Gasteiger partial charge in [-0.15, -0.1) is 0 Å². The van der Waals surface area contributed by atoms with Crippen LogP contribution in [-0.4, -0.2) is 54.7 Å². The van der Waals surface area contributed by atoms with Crippen molar-refractivity contribution in [1.82, 2.24) is 14.2 Å². The zero-order valence-corrected chi connectivity index (χ0v) is 12.8. The molecule has 0 radical (unpaired) electrons. The topological polar surface area (TPSA) is 70.6 Å². The molecule has 106 valence electrons. The number of amides is 1. The summed E-state index contributed by atoms with van der Waals surface area (Å²) in [6.45, 7) is 3.21. The van der Waals surface area contributed by atoms with Crippen molar-refractivity contribution in [3.63, 3.8) is 0 Å². The van der Waals surface area contributed by atoms with Gasteiger partial charge in [0.05, 0.1) is 6.20 Å². The van der Waals surface area contributed by atoms with Crippen LogP contribution in [0.25, 0.3) is 0 Å². The monoisotopic (exact) mass is 323 g/mol. The van der Waals surface area contributed by atoms with Gasteiger partial charge in [-0.3, -0.25) is 4.79 Å². The second-order valence-corrected chi connectivity index (χ2v) is 7.97. The van der Waals surface area contributed by atoms with Crippen molar-refractivity contribution in [3.8, 4) is 0 Å². The molecule has 1 aromatic rings. The van der Waals surface area contributed by atoms with E-state index in [9.17, 15) is 13.2 Å². The van der Waals surface area contributed by atoms with Crippen LogP contribution in [0.4, 0.5) is 0 Å². The van der Waals surface area contributed by atoms with Gasteiger partial charge >= 0.3 is 0 Å². The maximum absolute atomic E-state index is 12.4. The van der Waals surface area contributed by atoms with Crippen LogP contribution in [0.15, 0.2) is 10.4 Å². The Labute approximate surface area is 121 Å². The first kappa shape index (κ1) is 14.7. The average molecular weight is 324 g/mol. The standard InChI is InChI=1S/C10H14ClN3O3S2/c1-8(15)13-3-2-4-14(6-5-13)19(16,17)9-7-12-10(11)18-9/h7H,2-6H2,1H3. The van der Waals surface area contributed by atoms with Gasteiger partial charge in [0.15, 0.2) is 8.68 Å². The normalized spacial score (nSPS) is 18.3. The highest BCUT2D eigenvalue weighted by Crippen LogP contribution is 2.26. The van der Waals surface area contributed by atoms with Gasteiger partial charge in [-0.2, -0.15) is 4.31 Å². The molecule has 2 rings (SSSR count). The molecule has 1 aromatic heterocycles. The number of carbonyl (C=O) groups is 1. The molecule has 2 heterocycles. The van der Waals surface area contributed by atoms with Crippen molar-refractivity contribution < 1.29 is 13.2 Å². The molecule has 1 amide bonds. The molecule has 1 aliphatic rings. The van der Waals surface area contributed by atoms with Crippen LogP contribution in [0.1, 0.15) is 13.3 Å². The number of thiazole rings is 1. The first-order chi connectivity index (χ1) is 8.91. The second-order valence-electron chi connectivity index (χ2n) is 4.20. The van der Waals surface area contributed by atoms with Gasteiger partial charge in [-0.05, 0) is 6.42 Å². The van der Waals surface area contributed by atoms with Crippen molar-refractivity contribution in [2.45, 2.75) is 17.6 Å². The Bertz CT molecular complexity index is 572. The zero-order valence-electron chi connectivity index (χ0n) is 10.4. The highest BCUT2D eigenvalue weighted by Gasteiger charge is 2.29. The first-order valence-electron chi connectivity index (χ1n) is 5.78. The minimum Gasteiger partial charge on any atom is -0.342 e.